The highest BCUT2D eigenvalue weighted by Crippen LogP contribution is 2.44. The summed E-state index contributed by atoms with van der Waals surface area (Å²) >= 11 is 0. The van der Waals surface area contributed by atoms with Crippen molar-refractivity contribution < 1.29 is 28.4 Å². The van der Waals surface area contributed by atoms with Gasteiger partial charge in [0.2, 0.25) is 0 Å². The molecule has 0 aromatic heterocycles. The molecule has 106 valence electrons. The van der Waals surface area contributed by atoms with Gasteiger partial charge in [-0.2, -0.15) is 0 Å². The summed E-state index contributed by atoms with van der Waals surface area (Å²) in [4.78, 5) is 0. The molecule has 0 amide bonds. The number of methoxy groups -OCH3 is 3. The molecule has 2 rings (SSSR count). The zero-order valence-electron chi connectivity index (χ0n) is 11.3. The summed E-state index contributed by atoms with van der Waals surface area (Å²) in [6, 6.07) is 0. The third-order valence-corrected chi connectivity index (χ3v) is 3.56. The Balaban J connectivity index is 1.73. The summed E-state index contributed by atoms with van der Waals surface area (Å²) in [6.07, 6.45) is 1.93. The van der Waals surface area contributed by atoms with Crippen LogP contribution in [0.4, 0.5) is 0 Å². The monoisotopic (exact) mass is 262 g/mol. The fourth-order valence-corrected chi connectivity index (χ4v) is 2.27. The van der Waals surface area contributed by atoms with E-state index in [9.17, 15) is 0 Å². The first-order valence-corrected chi connectivity index (χ1v) is 6.21. The molecule has 2 aliphatic heterocycles. The number of epoxide rings is 1. The molecule has 2 saturated heterocycles. The van der Waals surface area contributed by atoms with Crippen molar-refractivity contribution in [1.29, 1.82) is 0 Å². The summed E-state index contributed by atoms with van der Waals surface area (Å²) in [5, 5.41) is 0. The zero-order valence-corrected chi connectivity index (χ0v) is 11.3. The largest absolute Gasteiger partial charge is 0.379 e. The average Bonchev–Trinajstić information content (AvgIpc) is 3.18. The van der Waals surface area contributed by atoms with Gasteiger partial charge < -0.3 is 28.4 Å². The Labute approximate surface area is 107 Å². The molecule has 2 aliphatic rings. The molecule has 0 spiro atoms. The van der Waals surface area contributed by atoms with Crippen LogP contribution in [0.2, 0.25) is 0 Å². The van der Waals surface area contributed by atoms with Gasteiger partial charge in [-0.25, -0.2) is 0 Å². The van der Waals surface area contributed by atoms with Gasteiger partial charge in [-0.15, -0.1) is 0 Å². The molecule has 0 saturated carbocycles. The van der Waals surface area contributed by atoms with E-state index in [1.54, 1.807) is 21.3 Å². The lowest BCUT2D eigenvalue weighted by atomic mass is 9.90. The minimum atomic E-state index is -1.08. The van der Waals surface area contributed by atoms with Crippen molar-refractivity contribution in [1.82, 2.24) is 0 Å². The van der Waals surface area contributed by atoms with Crippen molar-refractivity contribution in [2.45, 2.75) is 30.5 Å². The predicted molar refractivity (Wildman–Crippen MR) is 62.2 cm³/mol. The first-order chi connectivity index (χ1) is 8.72. The number of rotatable bonds is 9. The van der Waals surface area contributed by atoms with Gasteiger partial charge in [0.15, 0.2) is 5.60 Å². The van der Waals surface area contributed by atoms with Crippen LogP contribution in [0.5, 0.6) is 0 Å². The van der Waals surface area contributed by atoms with E-state index in [0.29, 0.717) is 25.9 Å². The Hall–Kier alpha value is -0.240. The topological polar surface area (TPSA) is 58.7 Å². The highest BCUT2D eigenvalue weighted by Gasteiger charge is 2.64. The molecule has 2 fully saturated rings. The third kappa shape index (κ3) is 2.54. The summed E-state index contributed by atoms with van der Waals surface area (Å²) in [5.41, 5.74) is -0.546. The molecule has 0 aromatic carbocycles. The van der Waals surface area contributed by atoms with E-state index in [2.05, 4.69) is 0 Å². The lowest BCUT2D eigenvalue weighted by Crippen LogP contribution is -2.71. The number of hydrogen-bond acceptors (Lipinski definition) is 6. The Morgan fingerprint density at radius 3 is 2.33 bits per heavy atom. The standard InChI is InChI=1S/C12H22O6/c1-13-11(9-18-12(11,14-2)15-3)5-4-6-16-7-10-8-17-10/h10H,4-9H2,1-3H3. The van der Waals surface area contributed by atoms with Gasteiger partial charge in [0.05, 0.1) is 19.8 Å². The van der Waals surface area contributed by atoms with E-state index in [1.807, 2.05) is 0 Å². The van der Waals surface area contributed by atoms with Gasteiger partial charge in [-0.05, 0) is 12.8 Å². The Bertz CT molecular complexity index is 254. The highest BCUT2D eigenvalue weighted by atomic mass is 16.9. The van der Waals surface area contributed by atoms with E-state index >= 15 is 0 Å². The minimum absolute atomic E-state index is 0.311. The third-order valence-electron chi connectivity index (χ3n) is 3.56. The molecular weight excluding hydrogens is 240 g/mol. The minimum Gasteiger partial charge on any atom is -0.379 e. The van der Waals surface area contributed by atoms with Crippen LogP contribution in [0, 0.1) is 0 Å². The predicted octanol–water partition coefficient (Wildman–Crippen LogP) is 0.544. The van der Waals surface area contributed by atoms with Crippen molar-refractivity contribution in [3.63, 3.8) is 0 Å². The number of hydrogen-bond donors (Lipinski definition) is 0. The fourth-order valence-electron chi connectivity index (χ4n) is 2.27. The summed E-state index contributed by atoms with van der Waals surface area (Å²) < 4.78 is 32.1. The molecule has 18 heavy (non-hydrogen) atoms. The van der Waals surface area contributed by atoms with Gasteiger partial charge in [0, 0.05) is 27.9 Å². The van der Waals surface area contributed by atoms with Crippen LogP contribution in [0.3, 0.4) is 0 Å². The zero-order chi connectivity index (χ0) is 13.1. The molecule has 6 heteroatoms. The molecular formula is C12H22O6. The first kappa shape index (κ1) is 14.2. The number of ether oxygens (including phenoxy) is 6. The van der Waals surface area contributed by atoms with E-state index < -0.39 is 11.6 Å². The fraction of sp³-hybridized carbons (Fsp3) is 1.00. The van der Waals surface area contributed by atoms with Crippen molar-refractivity contribution in [2.24, 2.45) is 0 Å². The molecule has 2 atom stereocenters. The first-order valence-electron chi connectivity index (χ1n) is 6.21. The van der Waals surface area contributed by atoms with Crippen LogP contribution in [-0.4, -0.2) is 65.4 Å². The van der Waals surface area contributed by atoms with E-state index in [0.717, 1.165) is 19.4 Å². The molecule has 2 unspecified atom stereocenters. The molecule has 0 aliphatic carbocycles. The Morgan fingerprint density at radius 1 is 1.17 bits per heavy atom. The van der Waals surface area contributed by atoms with Gasteiger partial charge >= 0.3 is 5.97 Å². The van der Waals surface area contributed by atoms with Crippen molar-refractivity contribution in [3.05, 3.63) is 0 Å². The molecule has 2 heterocycles. The van der Waals surface area contributed by atoms with Crippen molar-refractivity contribution >= 4 is 0 Å². The SMILES string of the molecule is COC1(CCCOCC2CO2)COC1(OC)OC. The van der Waals surface area contributed by atoms with Crippen LogP contribution in [-0.2, 0) is 28.4 Å². The normalized spacial score (nSPS) is 33.2. The summed E-state index contributed by atoms with van der Waals surface area (Å²) in [5.74, 6) is -1.08. The van der Waals surface area contributed by atoms with E-state index in [1.165, 1.54) is 0 Å². The van der Waals surface area contributed by atoms with Crippen LogP contribution in [0.15, 0.2) is 0 Å². The maximum atomic E-state index is 5.56. The van der Waals surface area contributed by atoms with Crippen LogP contribution < -0.4 is 0 Å². The molecule has 0 N–H and O–H groups in total. The van der Waals surface area contributed by atoms with E-state index in [4.69, 9.17) is 28.4 Å². The average molecular weight is 262 g/mol. The molecule has 0 bridgehead atoms. The molecule has 0 radical (unpaired) electrons. The Morgan fingerprint density at radius 2 is 1.89 bits per heavy atom. The van der Waals surface area contributed by atoms with Gasteiger partial charge in [-0.3, -0.25) is 0 Å². The maximum Gasteiger partial charge on any atom is 0.315 e. The van der Waals surface area contributed by atoms with Crippen molar-refractivity contribution in [2.75, 3.05) is 47.8 Å². The second-order valence-corrected chi connectivity index (χ2v) is 4.59. The van der Waals surface area contributed by atoms with Crippen molar-refractivity contribution in [3.8, 4) is 0 Å². The summed E-state index contributed by atoms with van der Waals surface area (Å²) in [6.45, 7) is 2.65. The van der Waals surface area contributed by atoms with Crippen LogP contribution in [0.25, 0.3) is 0 Å². The van der Waals surface area contributed by atoms with E-state index in [-0.39, 0.29) is 0 Å². The van der Waals surface area contributed by atoms with Gasteiger partial charge in [0.1, 0.15) is 6.10 Å². The quantitative estimate of drug-likeness (QED) is 0.343. The lowest BCUT2D eigenvalue weighted by molar-refractivity contribution is -0.505. The van der Waals surface area contributed by atoms with Crippen LogP contribution in [0.1, 0.15) is 12.8 Å². The van der Waals surface area contributed by atoms with Gasteiger partial charge in [0.25, 0.3) is 0 Å². The van der Waals surface area contributed by atoms with Gasteiger partial charge in [-0.1, -0.05) is 0 Å². The lowest BCUT2D eigenvalue weighted by Gasteiger charge is -2.54. The Kier molecular flexibility index (Phi) is 4.58. The van der Waals surface area contributed by atoms with Crippen LogP contribution >= 0.6 is 0 Å². The highest BCUT2D eigenvalue weighted by molar-refractivity contribution is 4.98. The summed E-state index contributed by atoms with van der Waals surface area (Å²) in [7, 11) is 4.75. The second-order valence-electron chi connectivity index (χ2n) is 4.59. The molecule has 0 aromatic rings. The second kappa shape index (κ2) is 5.81. The maximum absolute atomic E-state index is 5.56. The molecule has 6 nitrogen and oxygen atoms in total. The smallest absolute Gasteiger partial charge is 0.315 e.